The Kier molecular flexibility index (Phi) is 6.66. The molecule has 10 heteroatoms. The maximum atomic E-state index is 14.4. The van der Waals surface area contributed by atoms with E-state index in [0.717, 1.165) is 12.1 Å². The van der Waals surface area contributed by atoms with Gasteiger partial charge in [0.25, 0.3) is 5.91 Å². The van der Waals surface area contributed by atoms with Crippen LogP contribution in [0.25, 0.3) is 0 Å². The minimum atomic E-state index is -1.30. The lowest BCUT2D eigenvalue weighted by Gasteiger charge is -2.46. The van der Waals surface area contributed by atoms with Crippen LogP contribution in [0.4, 0.5) is 24.5 Å². The van der Waals surface area contributed by atoms with E-state index in [0.29, 0.717) is 10.1 Å². The lowest BCUT2D eigenvalue weighted by molar-refractivity contribution is -0.0787. The first-order valence-corrected chi connectivity index (χ1v) is 9.85. The number of β-amino-alcohol motifs (C(OH)–C–C–N with tert-alkyl or cyclic N) is 1. The van der Waals surface area contributed by atoms with Gasteiger partial charge < -0.3 is 25.7 Å². The third-order valence-electron chi connectivity index (χ3n) is 4.52. The van der Waals surface area contributed by atoms with Gasteiger partial charge in [-0.3, -0.25) is 4.79 Å². The van der Waals surface area contributed by atoms with Gasteiger partial charge in [0.1, 0.15) is 11.4 Å². The summed E-state index contributed by atoms with van der Waals surface area (Å²) in [6, 6.07) is 6.11. The van der Waals surface area contributed by atoms with Crippen molar-refractivity contribution in [3.05, 3.63) is 56.9 Å². The molecule has 0 aromatic heterocycles. The number of amides is 1. The van der Waals surface area contributed by atoms with E-state index in [-0.39, 0.29) is 37.5 Å². The fraction of sp³-hybridized carbons (Fsp3) is 0.316. The molecule has 0 unspecified atom stereocenters. The quantitative estimate of drug-likeness (QED) is 0.332. The second kappa shape index (κ2) is 8.86. The number of nitrogens with one attached hydrogen (secondary N) is 2. The fourth-order valence-electron chi connectivity index (χ4n) is 3.07. The van der Waals surface area contributed by atoms with Gasteiger partial charge in [-0.25, -0.2) is 13.2 Å². The Hall–Kier alpha value is -1.89. The van der Waals surface area contributed by atoms with E-state index in [9.17, 15) is 23.1 Å². The van der Waals surface area contributed by atoms with E-state index < -0.39 is 34.6 Å². The van der Waals surface area contributed by atoms with Crippen molar-refractivity contribution in [2.45, 2.75) is 5.60 Å². The third kappa shape index (κ3) is 4.82. The summed E-state index contributed by atoms with van der Waals surface area (Å²) in [6.45, 7) is 0.363. The molecule has 4 N–H and O–H groups in total. The molecule has 1 saturated heterocycles. The van der Waals surface area contributed by atoms with Gasteiger partial charge >= 0.3 is 0 Å². The molecular formula is C19H19F3IN3O3. The standard InChI is InChI=1S/C19H19F3IN3O3/c20-13-3-2-12(18(28)26-9-19(29,10-26)8-24-5-6-27)17(16(13)22)25-15-4-1-11(23)7-14(15)21/h1-4,7,24-25,27,29H,5-6,8-10H2. The highest BCUT2D eigenvalue weighted by Gasteiger charge is 2.44. The van der Waals surface area contributed by atoms with Crippen LogP contribution in [0.5, 0.6) is 0 Å². The Balaban J connectivity index is 1.81. The number of carbonyl (C=O) groups is 1. The number of aliphatic hydroxyl groups excluding tert-OH is 1. The lowest BCUT2D eigenvalue weighted by Crippen LogP contribution is -2.67. The Morgan fingerprint density at radius 1 is 1.17 bits per heavy atom. The summed E-state index contributed by atoms with van der Waals surface area (Å²) in [5.74, 6) is -3.77. The van der Waals surface area contributed by atoms with Gasteiger partial charge in [0, 0.05) is 16.7 Å². The van der Waals surface area contributed by atoms with Crippen molar-refractivity contribution in [1.82, 2.24) is 10.2 Å². The van der Waals surface area contributed by atoms with Gasteiger partial charge in [-0.1, -0.05) is 0 Å². The van der Waals surface area contributed by atoms with E-state index in [1.165, 1.54) is 17.0 Å². The number of anilines is 2. The van der Waals surface area contributed by atoms with Crippen molar-refractivity contribution >= 4 is 39.9 Å². The molecule has 3 rings (SSSR count). The monoisotopic (exact) mass is 521 g/mol. The zero-order valence-electron chi connectivity index (χ0n) is 15.2. The highest BCUT2D eigenvalue weighted by molar-refractivity contribution is 14.1. The Bertz CT molecular complexity index is 923. The Morgan fingerprint density at radius 2 is 1.90 bits per heavy atom. The maximum Gasteiger partial charge on any atom is 0.256 e. The molecule has 0 bridgehead atoms. The molecule has 1 aliphatic heterocycles. The number of benzene rings is 2. The predicted octanol–water partition coefficient (Wildman–Crippen LogP) is 2.22. The normalized spacial score (nSPS) is 15.2. The fourth-order valence-corrected chi connectivity index (χ4v) is 3.52. The second-order valence-electron chi connectivity index (χ2n) is 6.82. The van der Waals surface area contributed by atoms with E-state index >= 15 is 0 Å². The minimum absolute atomic E-state index is 0.0133. The number of hydrogen-bond acceptors (Lipinski definition) is 5. The molecule has 0 saturated carbocycles. The first-order chi connectivity index (χ1) is 13.7. The van der Waals surface area contributed by atoms with Gasteiger partial charge in [-0.2, -0.15) is 0 Å². The Labute approximate surface area is 178 Å². The molecule has 1 heterocycles. The van der Waals surface area contributed by atoms with E-state index in [1.807, 2.05) is 22.6 Å². The lowest BCUT2D eigenvalue weighted by atomic mass is 9.92. The van der Waals surface area contributed by atoms with Crippen molar-refractivity contribution < 1.29 is 28.2 Å². The molecule has 6 nitrogen and oxygen atoms in total. The van der Waals surface area contributed by atoms with Crippen LogP contribution >= 0.6 is 22.6 Å². The molecule has 1 fully saturated rings. The Morgan fingerprint density at radius 3 is 2.55 bits per heavy atom. The van der Waals surface area contributed by atoms with Gasteiger partial charge in [-0.05, 0) is 52.9 Å². The van der Waals surface area contributed by atoms with E-state index in [2.05, 4.69) is 10.6 Å². The zero-order chi connectivity index (χ0) is 21.2. The molecule has 29 heavy (non-hydrogen) atoms. The largest absolute Gasteiger partial charge is 0.395 e. The van der Waals surface area contributed by atoms with Gasteiger partial charge in [-0.15, -0.1) is 0 Å². The summed E-state index contributed by atoms with van der Waals surface area (Å²) < 4.78 is 43.0. The summed E-state index contributed by atoms with van der Waals surface area (Å²) >= 11 is 1.91. The summed E-state index contributed by atoms with van der Waals surface area (Å²) in [4.78, 5) is 14.1. The van der Waals surface area contributed by atoms with Crippen LogP contribution in [0.2, 0.25) is 0 Å². The number of likely N-dealkylation sites (tertiary alicyclic amines) is 1. The number of halogens is 4. The minimum Gasteiger partial charge on any atom is -0.395 e. The van der Waals surface area contributed by atoms with Crippen LogP contribution in [0, 0.1) is 21.0 Å². The molecular weight excluding hydrogens is 502 g/mol. The summed E-state index contributed by atoms with van der Waals surface area (Å²) in [5, 5.41) is 24.4. The van der Waals surface area contributed by atoms with Crippen molar-refractivity contribution in [3.63, 3.8) is 0 Å². The molecule has 0 radical (unpaired) electrons. The van der Waals surface area contributed by atoms with Crippen LogP contribution in [-0.2, 0) is 0 Å². The molecule has 2 aromatic rings. The average molecular weight is 521 g/mol. The van der Waals surface area contributed by atoms with Crippen molar-refractivity contribution in [2.75, 3.05) is 38.1 Å². The average Bonchev–Trinajstić information content (AvgIpc) is 2.65. The third-order valence-corrected chi connectivity index (χ3v) is 5.19. The van der Waals surface area contributed by atoms with Gasteiger partial charge in [0.05, 0.1) is 36.6 Å². The number of carbonyl (C=O) groups excluding carboxylic acids is 1. The SMILES string of the molecule is O=C(c1ccc(F)c(F)c1Nc1ccc(I)cc1F)N1CC(O)(CNCCO)C1. The summed E-state index contributed by atoms with van der Waals surface area (Å²) in [5.41, 5.74) is -1.91. The zero-order valence-corrected chi connectivity index (χ0v) is 17.3. The van der Waals surface area contributed by atoms with Crippen LogP contribution < -0.4 is 10.6 Å². The maximum absolute atomic E-state index is 14.4. The van der Waals surface area contributed by atoms with Crippen LogP contribution in [0.15, 0.2) is 30.3 Å². The molecule has 1 aliphatic rings. The highest BCUT2D eigenvalue weighted by atomic mass is 127. The van der Waals surface area contributed by atoms with Crippen LogP contribution in [0.3, 0.4) is 0 Å². The smallest absolute Gasteiger partial charge is 0.256 e. The van der Waals surface area contributed by atoms with Crippen LogP contribution in [-0.4, -0.2) is 59.4 Å². The summed E-state index contributed by atoms with van der Waals surface area (Å²) in [6.07, 6.45) is 0. The number of nitrogens with zero attached hydrogens (tertiary/aromatic N) is 1. The first-order valence-electron chi connectivity index (χ1n) is 8.77. The van der Waals surface area contributed by atoms with Crippen molar-refractivity contribution in [3.8, 4) is 0 Å². The summed E-state index contributed by atoms with van der Waals surface area (Å²) in [7, 11) is 0. The number of rotatable bonds is 7. The van der Waals surface area contributed by atoms with E-state index in [1.54, 1.807) is 6.07 Å². The number of aliphatic hydroxyl groups is 2. The molecule has 0 atom stereocenters. The molecule has 1 amide bonds. The van der Waals surface area contributed by atoms with E-state index in [4.69, 9.17) is 5.11 Å². The molecule has 156 valence electrons. The van der Waals surface area contributed by atoms with Gasteiger partial charge in [0.2, 0.25) is 0 Å². The molecule has 0 aliphatic carbocycles. The van der Waals surface area contributed by atoms with Crippen molar-refractivity contribution in [1.29, 1.82) is 0 Å². The molecule has 2 aromatic carbocycles. The van der Waals surface area contributed by atoms with Gasteiger partial charge in [0.15, 0.2) is 11.6 Å². The topological polar surface area (TPSA) is 84.8 Å². The molecule has 0 spiro atoms. The number of hydrogen-bond donors (Lipinski definition) is 4. The van der Waals surface area contributed by atoms with Crippen molar-refractivity contribution in [2.24, 2.45) is 0 Å². The first kappa shape index (κ1) is 21.8. The predicted molar refractivity (Wildman–Crippen MR) is 110 cm³/mol. The second-order valence-corrected chi connectivity index (χ2v) is 8.06. The highest BCUT2D eigenvalue weighted by Crippen LogP contribution is 2.31. The van der Waals surface area contributed by atoms with Crippen LogP contribution in [0.1, 0.15) is 10.4 Å².